The highest BCUT2D eigenvalue weighted by atomic mass is 16.6. The van der Waals surface area contributed by atoms with E-state index in [-0.39, 0.29) is 19.8 Å². The first-order valence-electron chi connectivity index (χ1n) is 6.51. The van der Waals surface area contributed by atoms with Crippen LogP contribution in [0.5, 0.6) is 0 Å². The molecule has 8 nitrogen and oxygen atoms in total. The highest BCUT2D eigenvalue weighted by Gasteiger charge is 2.37. The van der Waals surface area contributed by atoms with Crippen molar-refractivity contribution in [1.29, 1.82) is 0 Å². The number of ether oxygens (including phenoxy) is 2. The van der Waals surface area contributed by atoms with Crippen LogP contribution in [0.1, 0.15) is 26.5 Å². The second kappa shape index (κ2) is 8.03. The summed E-state index contributed by atoms with van der Waals surface area (Å²) in [6.07, 6.45) is 1.40. The average molecular weight is 298 g/mol. The fraction of sp³-hybridized carbons (Fsp3) is 0.538. The predicted molar refractivity (Wildman–Crippen MR) is 69.8 cm³/mol. The van der Waals surface area contributed by atoms with E-state index in [0.717, 1.165) is 4.90 Å². The molecule has 0 unspecified atom stereocenters. The summed E-state index contributed by atoms with van der Waals surface area (Å²) in [5, 5.41) is 3.51. The molecule has 0 N–H and O–H groups in total. The van der Waals surface area contributed by atoms with E-state index in [9.17, 15) is 14.4 Å². The SMILES string of the molecule is CCOC(=O)C(C(=O)OCC)N(Cc1ccno1)C(C)=O. The number of amides is 1. The van der Waals surface area contributed by atoms with E-state index in [1.807, 2.05) is 0 Å². The van der Waals surface area contributed by atoms with Crippen LogP contribution in [-0.2, 0) is 30.4 Å². The van der Waals surface area contributed by atoms with E-state index >= 15 is 0 Å². The first-order valence-corrected chi connectivity index (χ1v) is 6.51. The number of rotatable bonds is 7. The molecule has 0 spiro atoms. The van der Waals surface area contributed by atoms with Crippen LogP contribution in [0.25, 0.3) is 0 Å². The topological polar surface area (TPSA) is 98.9 Å². The van der Waals surface area contributed by atoms with Crippen molar-refractivity contribution in [3.05, 3.63) is 18.0 Å². The van der Waals surface area contributed by atoms with Gasteiger partial charge in [-0.15, -0.1) is 0 Å². The average Bonchev–Trinajstić information content (AvgIpc) is 2.91. The molecule has 1 heterocycles. The number of esters is 2. The van der Waals surface area contributed by atoms with Gasteiger partial charge in [0.05, 0.1) is 26.0 Å². The Morgan fingerprint density at radius 2 is 1.81 bits per heavy atom. The van der Waals surface area contributed by atoms with Crippen LogP contribution in [0.2, 0.25) is 0 Å². The lowest BCUT2D eigenvalue weighted by molar-refractivity contribution is -0.168. The molecular formula is C13H18N2O6. The Balaban J connectivity index is 3.01. The van der Waals surface area contributed by atoms with E-state index in [2.05, 4.69) is 5.16 Å². The third kappa shape index (κ3) is 4.59. The molecule has 0 aliphatic rings. The van der Waals surface area contributed by atoms with E-state index in [1.165, 1.54) is 19.2 Å². The van der Waals surface area contributed by atoms with Gasteiger partial charge in [0.15, 0.2) is 5.76 Å². The number of hydrogen-bond donors (Lipinski definition) is 0. The molecule has 0 fully saturated rings. The van der Waals surface area contributed by atoms with E-state index in [4.69, 9.17) is 14.0 Å². The fourth-order valence-electron chi connectivity index (χ4n) is 1.67. The van der Waals surface area contributed by atoms with E-state index in [0.29, 0.717) is 5.76 Å². The lowest BCUT2D eigenvalue weighted by atomic mass is 10.2. The van der Waals surface area contributed by atoms with Crippen molar-refractivity contribution < 1.29 is 28.4 Å². The fourth-order valence-corrected chi connectivity index (χ4v) is 1.67. The summed E-state index contributed by atoms with van der Waals surface area (Å²) in [4.78, 5) is 36.7. The molecule has 0 aliphatic heterocycles. The van der Waals surface area contributed by atoms with Gasteiger partial charge in [-0.1, -0.05) is 5.16 Å². The lowest BCUT2D eigenvalue weighted by Crippen LogP contribution is -2.50. The zero-order valence-corrected chi connectivity index (χ0v) is 12.2. The lowest BCUT2D eigenvalue weighted by Gasteiger charge is -2.26. The van der Waals surface area contributed by atoms with Crippen molar-refractivity contribution in [1.82, 2.24) is 10.1 Å². The molecule has 0 aromatic carbocycles. The first kappa shape index (κ1) is 16.7. The van der Waals surface area contributed by atoms with Gasteiger partial charge < -0.3 is 18.9 Å². The third-order valence-corrected chi connectivity index (χ3v) is 2.55. The molecule has 1 amide bonds. The van der Waals surface area contributed by atoms with Gasteiger partial charge in [-0.25, -0.2) is 9.59 Å². The van der Waals surface area contributed by atoms with Crippen molar-refractivity contribution in [3.8, 4) is 0 Å². The molecule has 8 heteroatoms. The third-order valence-electron chi connectivity index (χ3n) is 2.55. The highest BCUT2D eigenvalue weighted by molar-refractivity contribution is 6.02. The van der Waals surface area contributed by atoms with Gasteiger partial charge in [-0.2, -0.15) is 0 Å². The van der Waals surface area contributed by atoms with Gasteiger partial charge in [0.1, 0.15) is 0 Å². The Morgan fingerprint density at radius 1 is 1.24 bits per heavy atom. The Labute approximate surface area is 122 Å². The quantitative estimate of drug-likeness (QED) is 0.534. The van der Waals surface area contributed by atoms with E-state index < -0.39 is 23.9 Å². The molecule has 0 saturated heterocycles. The summed E-state index contributed by atoms with van der Waals surface area (Å²) in [5.41, 5.74) is 0. The van der Waals surface area contributed by atoms with Crippen molar-refractivity contribution in [2.45, 2.75) is 33.4 Å². The van der Waals surface area contributed by atoms with Gasteiger partial charge in [-0.3, -0.25) is 4.79 Å². The van der Waals surface area contributed by atoms with Crippen molar-refractivity contribution in [2.75, 3.05) is 13.2 Å². The summed E-state index contributed by atoms with van der Waals surface area (Å²) >= 11 is 0. The standard InChI is InChI=1S/C13H18N2O6/c1-4-19-12(17)11(13(18)20-5-2)15(9(3)16)8-10-6-7-14-21-10/h6-7,11H,4-5,8H2,1-3H3. The molecule has 1 aromatic heterocycles. The summed E-state index contributed by atoms with van der Waals surface area (Å²) in [6.45, 7) is 4.54. The summed E-state index contributed by atoms with van der Waals surface area (Å²) in [5.74, 6) is -1.84. The zero-order valence-electron chi connectivity index (χ0n) is 12.2. The second-order valence-electron chi connectivity index (χ2n) is 4.03. The van der Waals surface area contributed by atoms with Crippen LogP contribution in [0.3, 0.4) is 0 Å². The minimum atomic E-state index is -1.47. The normalized spacial score (nSPS) is 10.3. The summed E-state index contributed by atoms with van der Waals surface area (Å²) in [7, 11) is 0. The molecule has 116 valence electrons. The second-order valence-corrected chi connectivity index (χ2v) is 4.03. The number of hydrogen-bond acceptors (Lipinski definition) is 7. The van der Waals surface area contributed by atoms with Gasteiger partial charge >= 0.3 is 11.9 Å². The van der Waals surface area contributed by atoms with Crippen LogP contribution in [0, 0.1) is 0 Å². The van der Waals surface area contributed by atoms with Crippen molar-refractivity contribution in [3.63, 3.8) is 0 Å². The van der Waals surface area contributed by atoms with Crippen molar-refractivity contribution in [2.24, 2.45) is 0 Å². The largest absolute Gasteiger partial charge is 0.464 e. The molecule has 0 bridgehead atoms. The molecule has 0 saturated carbocycles. The maximum Gasteiger partial charge on any atom is 0.340 e. The first-order chi connectivity index (χ1) is 10.0. The Kier molecular flexibility index (Phi) is 6.38. The van der Waals surface area contributed by atoms with Crippen LogP contribution in [0.4, 0.5) is 0 Å². The van der Waals surface area contributed by atoms with Gasteiger partial charge in [0.25, 0.3) is 0 Å². The number of carbonyl (C=O) groups is 3. The minimum Gasteiger partial charge on any atom is -0.464 e. The number of carbonyl (C=O) groups excluding carboxylic acids is 3. The molecule has 1 rings (SSSR count). The van der Waals surface area contributed by atoms with Crippen LogP contribution < -0.4 is 0 Å². The molecule has 0 radical (unpaired) electrons. The van der Waals surface area contributed by atoms with Crippen molar-refractivity contribution >= 4 is 17.8 Å². The molecule has 0 aliphatic carbocycles. The van der Waals surface area contributed by atoms with Gasteiger partial charge in [0.2, 0.25) is 11.9 Å². The maximum absolute atomic E-state index is 12.0. The Morgan fingerprint density at radius 3 is 2.19 bits per heavy atom. The van der Waals surface area contributed by atoms with Gasteiger partial charge in [-0.05, 0) is 13.8 Å². The summed E-state index contributed by atoms with van der Waals surface area (Å²) in [6, 6.07) is 0.0658. The summed E-state index contributed by atoms with van der Waals surface area (Å²) < 4.78 is 14.6. The number of nitrogens with zero attached hydrogens (tertiary/aromatic N) is 2. The van der Waals surface area contributed by atoms with Crippen LogP contribution in [-0.4, -0.2) is 47.2 Å². The molecular weight excluding hydrogens is 280 g/mol. The predicted octanol–water partition coefficient (Wildman–Crippen LogP) is 0.518. The molecule has 1 aromatic rings. The zero-order chi connectivity index (χ0) is 15.8. The molecule has 0 atom stereocenters. The van der Waals surface area contributed by atoms with Crippen LogP contribution in [0.15, 0.2) is 16.8 Å². The Bertz CT molecular complexity index is 467. The Hall–Kier alpha value is -2.38. The highest BCUT2D eigenvalue weighted by Crippen LogP contribution is 2.12. The van der Waals surface area contributed by atoms with Crippen LogP contribution >= 0.6 is 0 Å². The minimum absolute atomic E-state index is 0.0857. The monoisotopic (exact) mass is 298 g/mol. The maximum atomic E-state index is 12.0. The molecule has 21 heavy (non-hydrogen) atoms. The van der Waals surface area contributed by atoms with E-state index in [1.54, 1.807) is 13.8 Å². The van der Waals surface area contributed by atoms with Gasteiger partial charge in [0, 0.05) is 13.0 Å². The number of aromatic nitrogens is 1. The smallest absolute Gasteiger partial charge is 0.340 e.